The quantitative estimate of drug-likeness (QED) is 0.0402. The summed E-state index contributed by atoms with van der Waals surface area (Å²) in [6, 6.07) is 17.0. The molecule has 0 amide bonds. The van der Waals surface area contributed by atoms with Gasteiger partial charge in [0.05, 0.1) is 36.2 Å². The van der Waals surface area contributed by atoms with Gasteiger partial charge in [-0.1, -0.05) is 25.8 Å². The summed E-state index contributed by atoms with van der Waals surface area (Å²) < 4.78 is 33.0. The second-order valence-corrected chi connectivity index (χ2v) is 13.9. The molecule has 0 heterocycles. The first kappa shape index (κ1) is 41.4. The molecule has 56 heavy (non-hydrogen) atoms. The van der Waals surface area contributed by atoms with Crippen molar-refractivity contribution in [3.05, 3.63) is 96.1 Å². The smallest absolute Gasteiger partial charge is 0.343 e. The Labute approximate surface area is 326 Å². The van der Waals surface area contributed by atoms with Crippen LogP contribution in [0.5, 0.6) is 23.0 Å². The summed E-state index contributed by atoms with van der Waals surface area (Å²) in [4.78, 5) is 74.1. The van der Waals surface area contributed by atoms with E-state index in [2.05, 4.69) is 6.58 Å². The lowest BCUT2D eigenvalue weighted by Gasteiger charge is -2.27. The Hall–Kier alpha value is -5.78. The van der Waals surface area contributed by atoms with E-state index in [9.17, 15) is 28.8 Å². The van der Waals surface area contributed by atoms with Crippen molar-refractivity contribution in [3.8, 4) is 23.0 Å². The van der Waals surface area contributed by atoms with E-state index in [0.29, 0.717) is 62.4 Å². The molecule has 0 spiro atoms. The van der Waals surface area contributed by atoms with Crippen molar-refractivity contribution in [1.82, 2.24) is 0 Å². The number of unbranched alkanes of at least 4 members (excludes halogenated alkanes) is 3. The number of aldehydes is 1. The van der Waals surface area contributed by atoms with Crippen LogP contribution in [0.4, 0.5) is 0 Å². The Kier molecular flexibility index (Phi) is 15.8. The van der Waals surface area contributed by atoms with Gasteiger partial charge in [0.15, 0.2) is 6.29 Å². The Balaban J connectivity index is 1.01. The van der Waals surface area contributed by atoms with Crippen LogP contribution < -0.4 is 18.9 Å². The number of ether oxygens (including phenoxy) is 6. The zero-order chi connectivity index (χ0) is 39.7. The fourth-order valence-electron chi connectivity index (χ4n) is 6.66. The highest BCUT2D eigenvalue weighted by Crippen LogP contribution is 2.30. The van der Waals surface area contributed by atoms with Gasteiger partial charge in [-0.2, -0.15) is 0 Å². The molecule has 0 unspecified atom stereocenters. The van der Waals surface area contributed by atoms with Gasteiger partial charge < -0.3 is 28.4 Å². The van der Waals surface area contributed by atoms with Gasteiger partial charge in [-0.25, -0.2) is 14.4 Å². The zero-order valence-corrected chi connectivity index (χ0v) is 31.5. The minimum Gasteiger partial charge on any atom is -0.494 e. The van der Waals surface area contributed by atoms with Crippen LogP contribution in [0.1, 0.15) is 115 Å². The first-order chi connectivity index (χ1) is 27.2. The van der Waals surface area contributed by atoms with Crippen molar-refractivity contribution in [2.24, 2.45) is 11.8 Å². The number of esters is 5. The van der Waals surface area contributed by atoms with Gasteiger partial charge in [0.1, 0.15) is 29.1 Å². The lowest BCUT2D eigenvalue weighted by Crippen LogP contribution is -2.30. The van der Waals surface area contributed by atoms with Crippen molar-refractivity contribution < 1.29 is 57.2 Å². The third-order valence-corrected chi connectivity index (χ3v) is 9.87. The van der Waals surface area contributed by atoms with E-state index in [4.69, 9.17) is 28.4 Å². The predicted octanol–water partition coefficient (Wildman–Crippen LogP) is 8.19. The minimum atomic E-state index is -0.691. The number of hydrogen-bond acceptors (Lipinski definition) is 12. The largest absolute Gasteiger partial charge is 0.494 e. The molecule has 0 aromatic heterocycles. The van der Waals surface area contributed by atoms with Crippen molar-refractivity contribution in [2.45, 2.75) is 89.6 Å². The predicted molar refractivity (Wildman–Crippen MR) is 204 cm³/mol. The maximum atomic E-state index is 13.1. The first-order valence-electron chi connectivity index (χ1n) is 19.3. The van der Waals surface area contributed by atoms with E-state index < -0.39 is 24.0 Å². The van der Waals surface area contributed by atoms with Crippen molar-refractivity contribution >= 4 is 36.1 Å². The Morgan fingerprint density at radius 2 is 1.18 bits per heavy atom. The molecule has 0 saturated heterocycles. The van der Waals surface area contributed by atoms with E-state index in [1.165, 1.54) is 42.5 Å². The number of rotatable bonds is 18. The lowest BCUT2D eigenvalue weighted by atomic mass is 9.87. The van der Waals surface area contributed by atoms with Gasteiger partial charge in [0.2, 0.25) is 0 Å². The molecule has 0 aliphatic heterocycles. The standard InChI is InChI=1S/C44H48O12/c1-2-40(46)52-27-9-4-3-8-26-51-34-20-22-37(23-21-34)54-42(48)31-14-18-36(19-15-31)55-44(50)39-25-24-38(28-33(39)29-45)56-43(49)32-12-16-35(17-13-32)53-41(47)30-10-6-5-7-11-30/h2,12-13,16-17,20-25,28-31,36H,1,3-11,14-15,18-19,26-27H2. The van der Waals surface area contributed by atoms with Crippen LogP contribution in [0.2, 0.25) is 0 Å². The zero-order valence-electron chi connectivity index (χ0n) is 31.5. The van der Waals surface area contributed by atoms with Gasteiger partial charge in [-0.05, 0) is 131 Å². The molecule has 2 saturated carbocycles. The molecule has 0 atom stereocenters. The maximum Gasteiger partial charge on any atom is 0.343 e. The molecule has 0 N–H and O–H groups in total. The highest BCUT2D eigenvalue weighted by molar-refractivity contribution is 5.99. The lowest BCUT2D eigenvalue weighted by molar-refractivity contribution is -0.141. The number of hydrogen-bond donors (Lipinski definition) is 0. The molecule has 3 aromatic carbocycles. The van der Waals surface area contributed by atoms with E-state index in [1.807, 2.05) is 0 Å². The van der Waals surface area contributed by atoms with E-state index in [0.717, 1.165) is 63.9 Å². The van der Waals surface area contributed by atoms with Crippen molar-refractivity contribution in [2.75, 3.05) is 13.2 Å². The van der Waals surface area contributed by atoms with E-state index in [1.54, 1.807) is 24.3 Å². The molecule has 2 aliphatic rings. The molecule has 3 aromatic rings. The number of carbonyl (C=O) groups excluding carboxylic acids is 6. The summed E-state index contributed by atoms with van der Waals surface area (Å²) >= 11 is 0. The normalized spacial score (nSPS) is 16.8. The Morgan fingerprint density at radius 3 is 1.80 bits per heavy atom. The molecule has 2 fully saturated rings. The maximum absolute atomic E-state index is 13.1. The third kappa shape index (κ3) is 12.6. The summed E-state index contributed by atoms with van der Waals surface area (Å²) in [6.07, 6.45) is 11.3. The van der Waals surface area contributed by atoms with Crippen molar-refractivity contribution in [1.29, 1.82) is 0 Å². The van der Waals surface area contributed by atoms with Gasteiger partial charge in [-0.15, -0.1) is 0 Å². The SMILES string of the molecule is C=CC(=O)OCCCCCCOc1ccc(OC(=O)C2CCC(OC(=O)c3ccc(OC(=O)c4ccc(OC(=O)C5CCCCC5)cc4)cc3C=O)CC2)cc1. The van der Waals surface area contributed by atoms with Crippen LogP contribution >= 0.6 is 0 Å². The molecule has 12 nitrogen and oxygen atoms in total. The number of benzene rings is 3. The molecule has 2 aliphatic carbocycles. The van der Waals surface area contributed by atoms with Gasteiger partial charge in [0, 0.05) is 11.6 Å². The summed E-state index contributed by atoms with van der Waals surface area (Å²) in [7, 11) is 0. The molecule has 0 bridgehead atoms. The summed E-state index contributed by atoms with van der Waals surface area (Å²) in [5, 5.41) is 0. The molecule has 0 radical (unpaired) electrons. The average molecular weight is 769 g/mol. The van der Waals surface area contributed by atoms with Gasteiger partial charge >= 0.3 is 29.8 Å². The van der Waals surface area contributed by atoms with Crippen LogP contribution in [0.25, 0.3) is 0 Å². The van der Waals surface area contributed by atoms with Crippen LogP contribution in [0.15, 0.2) is 79.4 Å². The monoisotopic (exact) mass is 768 g/mol. The molecule has 12 heteroatoms. The van der Waals surface area contributed by atoms with Gasteiger partial charge in [0.25, 0.3) is 0 Å². The highest BCUT2D eigenvalue weighted by atomic mass is 16.6. The molecule has 296 valence electrons. The molecular formula is C44H48O12. The van der Waals surface area contributed by atoms with E-state index in [-0.39, 0.29) is 46.2 Å². The number of carbonyl (C=O) groups is 6. The third-order valence-electron chi connectivity index (χ3n) is 9.87. The fraction of sp³-hybridized carbons (Fsp3) is 0.409. The average Bonchev–Trinajstić information content (AvgIpc) is 3.22. The fourth-order valence-corrected chi connectivity index (χ4v) is 6.66. The summed E-state index contributed by atoms with van der Waals surface area (Å²) in [6.45, 7) is 4.28. The summed E-state index contributed by atoms with van der Waals surface area (Å²) in [5.74, 6) is -1.39. The van der Waals surface area contributed by atoms with Crippen LogP contribution in [-0.4, -0.2) is 55.5 Å². The first-order valence-corrected chi connectivity index (χ1v) is 19.3. The Bertz CT molecular complexity index is 1820. The van der Waals surface area contributed by atoms with Gasteiger partial charge in [-0.3, -0.25) is 14.4 Å². The van der Waals surface area contributed by atoms with Crippen LogP contribution in [0, 0.1) is 11.8 Å². The Morgan fingerprint density at radius 1 is 0.607 bits per heavy atom. The van der Waals surface area contributed by atoms with Crippen molar-refractivity contribution in [3.63, 3.8) is 0 Å². The minimum absolute atomic E-state index is 0.000321. The van der Waals surface area contributed by atoms with Crippen LogP contribution in [-0.2, 0) is 23.9 Å². The molecule has 5 rings (SSSR count). The molecular weight excluding hydrogens is 720 g/mol. The highest BCUT2D eigenvalue weighted by Gasteiger charge is 2.30. The second-order valence-electron chi connectivity index (χ2n) is 13.9. The topological polar surface area (TPSA) is 158 Å². The summed E-state index contributed by atoms with van der Waals surface area (Å²) in [5.41, 5.74) is 0.240. The van der Waals surface area contributed by atoms with E-state index >= 15 is 0 Å². The van der Waals surface area contributed by atoms with Crippen LogP contribution in [0.3, 0.4) is 0 Å². The second kappa shape index (κ2) is 21.3.